The Labute approximate surface area is 112 Å². The highest BCUT2D eigenvalue weighted by Crippen LogP contribution is 2.64. The molecular weight excluding hydrogens is 281 g/mol. The second-order valence-electron chi connectivity index (χ2n) is 4.20. The molecule has 0 unspecified atom stereocenters. The highest BCUT2D eigenvalue weighted by molar-refractivity contribution is 7.55. The van der Waals surface area contributed by atoms with Crippen LogP contribution in [0, 0.1) is 0 Å². The summed E-state index contributed by atoms with van der Waals surface area (Å²) in [7, 11) is -3.00. The molecule has 0 bridgehead atoms. The molecule has 8 heteroatoms. The van der Waals surface area contributed by atoms with Crippen molar-refractivity contribution in [2.45, 2.75) is 51.2 Å². The summed E-state index contributed by atoms with van der Waals surface area (Å²) < 4.78 is 59.9. The third kappa shape index (κ3) is 4.20. The van der Waals surface area contributed by atoms with Gasteiger partial charge in [-0.05, 0) is 20.3 Å². The topological polar surface area (TPSA) is 54.0 Å². The first-order valence-corrected chi connectivity index (χ1v) is 7.88. The molecule has 0 radical (unpaired) electrons. The fraction of sp³-hybridized carbons (Fsp3) is 1.00. The van der Waals surface area contributed by atoms with Crippen LogP contribution in [0.2, 0.25) is 0 Å². The molecule has 19 heavy (non-hydrogen) atoms. The minimum absolute atomic E-state index is 0.0981. The molecule has 1 fully saturated rings. The predicted molar refractivity (Wildman–Crippen MR) is 65.3 cm³/mol. The largest absolute Gasteiger partial charge is 0.399 e. The van der Waals surface area contributed by atoms with Crippen molar-refractivity contribution in [1.29, 1.82) is 0 Å². The van der Waals surface area contributed by atoms with Crippen LogP contribution >= 0.6 is 7.60 Å². The van der Waals surface area contributed by atoms with Crippen molar-refractivity contribution in [1.82, 2.24) is 0 Å². The summed E-state index contributed by atoms with van der Waals surface area (Å²) in [6.45, 7) is 2.79. The average Bonchev–Trinajstić information content (AvgIpc) is 2.76. The summed E-state index contributed by atoms with van der Waals surface area (Å²) in [6, 6.07) is 0. The first-order chi connectivity index (χ1) is 8.88. The zero-order valence-electron chi connectivity index (χ0n) is 11.4. The molecule has 1 rings (SSSR count). The Kier molecular flexibility index (Phi) is 6.33. The van der Waals surface area contributed by atoms with Crippen LogP contribution in [0.1, 0.15) is 33.1 Å². The number of rotatable bonds is 8. The number of alkyl halides is 2. The number of methoxy groups -OCH3 is 1. The molecule has 5 nitrogen and oxygen atoms in total. The molecule has 1 saturated heterocycles. The van der Waals surface area contributed by atoms with Gasteiger partial charge < -0.3 is 18.5 Å². The molecule has 114 valence electrons. The summed E-state index contributed by atoms with van der Waals surface area (Å²) in [6.07, 6.45) is -0.880. The second-order valence-corrected chi connectivity index (χ2v) is 6.37. The maximum Gasteiger partial charge on any atom is 0.399 e. The van der Waals surface area contributed by atoms with Gasteiger partial charge in [0, 0.05) is 20.0 Å². The number of hydrogen-bond acceptors (Lipinski definition) is 5. The van der Waals surface area contributed by atoms with Crippen LogP contribution in [-0.4, -0.2) is 38.4 Å². The van der Waals surface area contributed by atoms with E-state index in [-0.39, 0.29) is 13.2 Å². The lowest BCUT2D eigenvalue weighted by molar-refractivity contribution is -0.128. The number of halogens is 2. The summed E-state index contributed by atoms with van der Waals surface area (Å²) in [5.74, 6) is 0. The smallest absolute Gasteiger partial charge is 0.356 e. The van der Waals surface area contributed by atoms with E-state index >= 15 is 0 Å². The Morgan fingerprint density at radius 3 is 2.26 bits per heavy atom. The van der Waals surface area contributed by atoms with Crippen LogP contribution in [0.4, 0.5) is 8.78 Å². The van der Waals surface area contributed by atoms with Gasteiger partial charge in [-0.3, -0.25) is 4.57 Å². The number of hydrogen-bond donors (Lipinski definition) is 0. The van der Waals surface area contributed by atoms with Gasteiger partial charge in [0.1, 0.15) is 0 Å². The summed E-state index contributed by atoms with van der Waals surface area (Å²) in [5.41, 5.74) is -3.56. The van der Waals surface area contributed by atoms with Gasteiger partial charge >= 0.3 is 13.3 Å². The minimum Gasteiger partial charge on any atom is -0.356 e. The molecule has 1 heterocycles. The Balaban J connectivity index is 2.69. The molecule has 0 N–H and O–H groups in total. The molecule has 0 aromatic heterocycles. The standard InChI is InChI=1S/C11H21F2O5P/c1-4-16-19(14,17-5-2)11(12,13)8-9-6-7-10(15-3)18-9/h9-10H,4-8H2,1-3H3/t9-,10+/m0/s1. The maximum absolute atomic E-state index is 14.1. The third-order valence-corrected chi connectivity index (χ3v) is 4.98. The van der Waals surface area contributed by atoms with E-state index in [0.29, 0.717) is 12.8 Å². The SMILES string of the molecule is CCOP(=O)(OCC)C(F)(F)C[C@@H]1CC[C@H](OC)O1. The fourth-order valence-corrected chi connectivity index (χ4v) is 3.51. The Morgan fingerprint density at radius 2 is 1.84 bits per heavy atom. The van der Waals surface area contributed by atoms with Crippen LogP contribution in [0.5, 0.6) is 0 Å². The molecule has 2 atom stereocenters. The van der Waals surface area contributed by atoms with Gasteiger partial charge in [-0.1, -0.05) is 0 Å². The molecule has 0 spiro atoms. The monoisotopic (exact) mass is 302 g/mol. The van der Waals surface area contributed by atoms with Gasteiger partial charge in [-0.15, -0.1) is 0 Å². The van der Waals surface area contributed by atoms with Gasteiger partial charge in [-0.25, -0.2) is 0 Å². The molecule has 0 amide bonds. The summed E-state index contributed by atoms with van der Waals surface area (Å²) in [4.78, 5) is 0. The van der Waals surface area contributed by atoms with Crippen molar-refractivity contribution in [3.8, 4) is 0 Å². The summed E-state index contributed by atoms with van der Waals surface area (Å²) in [5, 5.41) is 0. The fourth-order valence-electron chi connectivity index (χ4n) is 1.95. The highest BCUT2D eigenvalue weighted by atomic mass is 31.2. The van der Waals surface area contributed by atoms with Crippen molar-refractivity contribution < 1.29 is 31.9 Å². The second kappa shape index (κ2) is 7.09. The normalized spacial score (nSPS) is 24.9. The highest BCUT2D eigenvalue weighted by Gasteiger charge is 2.55. The lowest BCUT2D eigenvalue weighted by Gasteiger charge is -2.27. The van der Waals surface area contributed by atoms with Crippen molar-refractivity contribution >= 4 is 7.60 Å². The van der Waals surface area contributed by atoms with Gasteiger partial charge in [0.15, 0.2) is 6.29 Å². The lowest BCUT2D eigenvalue weighted by atomic mass is 10.2. The minimum atomic E-state index is -4.46. The Hall–Kier alpha value is -0.0700. The van der Waals surface area contributed by atoms with Gasteiger partial charge in [-0.2, -0.15) is 8.78 Å². The molecule has 0 aliphatic carbocycles. The molecule has 1 aliphatic heterocycles. The van der Waals surface area contributed by atoms with Crippen LogP contribution < -0.4 is 0 Å². The molecular formula is C11H21F2O5P. The first-order valence-electron chi connectivity index (χ1n) is 6.33. The van der Waals surface area contributed by atoms with Crippen molar-refractivity contribution in [2.24, 2.45) is 0 Å². The zero-order valence-corrected chi connectivity index (χ0v) is 12.3. The van der Waals surface area contributed by atoms with Crippen LogP contribution in [0.3, 0.4) is 0 Å². The zero-order chi connectivity index (χ0) is 14.5. The lowest BCUT2D eigenvalue weighted by Crippen LogP contribution is -2.27. The Bertz CT molecular complexity index is 316. The molecule has 0 saturated carbocycles. The van der Waals surface area contributed by atoms with Crippen LogP contribution in [-0.2, 0) is 23.1 Å². The van der Waals surface area contributed by atoms with E-state index in [4.69, 9.17) is 18.5 Å². The van der Waals surface area contributed by atoms with Crippen molar-refractivity contribution in [3.63, 3.8) is 0 Å². The molecule has 0 aromatic rings. The van der Waals surface area contributed by atoms with Crippen LogP contribution in [0.15, 0.2) is 0 Å². The van der Waals surface area contributed by atoms with E-state index in [1.54, 1.807) is 0 Å². The first kappa shape index (κ1) is 17.0. The van der Waals surface area contributed by atoms with E-state index in [9.17, 15) is 13.3 Å². The third-order valence-electron chi connectivity index (χ3n) is 2.80. The maximum atomic E-state index is 14.1. The average molecular weight is 302 g/mol. The Morgan fingerprint density at radius 1 is 1.26 bits per heavy atom. The summed E-state index contributed by atoms with van der Waals surface area (Å²) >= 11 is 0. The van der Waals surface area contributed by atoms with E-state index < -0.39 is 32.1 Å². The number of ether oxygens (including phenoxy) is 2. The van der Waals surface area contributed by atoms with Gasteiger partial charge in [0.2, 0.25) is 0 Å². The van der Waals surface area contributed by atoms with Crippen LogP contribution in [0.25, 0.3) is 0 Å². The predicted octanol–water partition coefficient (Wildman–Crippen LogP) is 3.39. The molecule has 0 aromatic carbocycles. The van der Waals surface area contributed by atoms with Gasteiger partial charge in [0.05, 0.1) is 19.3 Å². The van der Waals surface area contributed by atoms with E-state index in [1.165, 1.54) is 21.0 Å². The van der Waals surface area contributed by atoms with Crippen molar-refractivity contribution in [3.05, 3.63) is 0 Å². The van der Waals surface area contributed by atoms with E-state index in [0.717, 1.165) is 0 Å². The van der Waals surface area contributed by atoms with E-state index in [1.807, 2.05) is 0 Å². The van der Waals surface area contributed by atoms with E-state index in [2.05, 4.69) is 0 Å². The van der Waals surface area contributed by atoms with Gasteiger partial charge in [0.25, 0.3) is 0 Å². The van der Waals surface area contributed by atoms with Crippen molar-refractivity contribution in [2.75, 3.05) is 20.3 Å². The molecule has 1 aliphatic rings. The quantitative estimate of drug-likeness (QED) is 0.643.